The minimum absolute atomic E-state index is 0. The molecular weight excluding hydrogens is 364 g/mol. The van der Waals surface area contributed by atoms with Crippen molar-refractivity contribution in [3.63, 3.8) is 0 Å². The maximum Gasteiger partial charge on any atom is 0.231 e. The molecule has 1 amide bonds. The SMILES string of the molecule is CC1CCC(N(CCN(C)C)C(=O)CCc2ccc3c(c2)OCO3)CC1.Cl. The third-order valence-electron chi connectivity index (χ3n) is 5.60. The zero-order valence-electron chi connectivity index (χ0n) is 16.8. The van der Waals surface area contributed by atoms with Crippen molar-refractivity contribution in [1.82, 2.24) is 9.80 Å². The minimum atomic E-state index is 0. The number of carbonyl (C=O) groups excluding carboxylic acids is 1. The average Bonchev–Trinajstić information content (AvgIpc) is 3.09. The van der Waals surface area contributed by atoms with Gasteiger partial charge in [0.15, 0.2) is 11.5 Å². The summed E-state index contributed by atoms with van der Waals surface area (Å²) in [5, 5.41) is 0. The Bertz CT molecular complexity index is 615. The molecule has 1 saturated carbocycles. The lowest BCUT2D eigenvalue weighted by Gasteiger charge is -2.37. The van der Waals surface area contributed by atoms with Crippen LogP contribution < -0.4 is 9.47 Å². The molecule has 2 aliphatic rings. The van der Waals surface area contributed by atoms with E-state index in [9.17, 15) is 4.79 Å². The zero-order chi connectivity index (χ0) is 18.5. The van der Waals surface area contributed by atoms with Crippen LogP contribution >= 0.6 is 12.4 Å². The van der Waals surface area contributed by atoms with Crippen molar-refractivity contribution in [2.45, 2.75) is 51.5 Å². The minimum Gasteiger partial charge on any atom is -0.454 e. The number of hydrogen-bond donors (Lipinski definition) is 0. The molecule has 1 aliphatic carbocycles. The summed E-state index contributed by atoms with van der Waals surface area (Å²) >= 11 is 0. The molecule has 0 aromatic heterocycles. The lowest BCUT2D eigenvalue weighted by Crippen LogP contribution is -2.45. The summed E-state index contributed by atoms with van der Waals surface area (Å²) in [6, 6.07) is 6.39. The highest BCUT2D eigenvalue weighted by atomic mass is 35.5. The molecule has 1 aliphatic heterocycles. The third kappa shape index (κ3) is 6.01. The van der Waals surface area contributed by atoms with Crippen LogP contribution in [0.4, 0.5) is 0 Å². The highest BCUT2D eigenvalue weighted by Gasteiger charge is 2.27. The number of fused-ring (bicyclic) bond motifs is 1. The number of nitrogens with zero attached hydrogens (tertiary/aromatic N) is 2. The van der Waals surface area contributed by atoms with Crippen LogP contribution in [0.2, 0.25) is 0 Å². The predicted octanol–water partition coefficient (Wildman–Crippen LogP) is 3.74. The Morgan fingerprint density at radius 3 is 2.48 bits per heavy atom. The number of amides is 1. The summed E-state index contributed by atoms with van der Waals surface area (Å²) in [6.45, 7) is 4.35. The smallest absolute Gasteiger partial charge is 0.231 e. The molecule has 1 aromatic rings. The van der Waals surface area contributed by atoms with E-state index in [0.717, 1.165) is 55.3 Å². The van der Waals surface area contributed by atoms with Gasteiger partial charge in [0.05, 0.1) is 0 Å². The summed E-state index contributed by atoms with van der Waals surface area (Å²) in [5.41, 5.74) is 1.13. The Balaban J connectivity index is 0.00000261. The maximum atomic E-state index is 13.0. The van der Waals surface area contributed by atoms with Crippen LogP contribution in [0.1, 0.15) is 44.6 Å². The van der Waals surface area contributed by atoms with E-state index in [2.05, 4.69) is 30.8 Å². The van der Waals surface area contributed by atoms with Crippen molar-refractivity contribution in [1.29, 1.82) is 0 Å². The van der Waals surface area contributed by atoms with Crippen molar-refractivity contribution in [3.05, 3.63) is 23.8 Å². The summed E-state index contributed by atoms with van der Waals surface area (Å²) in [6.07, 6.45) is 6.06. The van der Waals surface area contributed by atoms with Crippen LogP contribution in [0.5, 0.6) is 11.5 Å². The first-order valence-corrected chi connectivity index (χ1v) is 9.85. The topological polar surface area (TPSA) is 42.0 Å². The molecule has 0 radical (unpaired) electrons. The molecular formula is C21H33ClN2O3. The first kappa shape index (κ1) is 21.8. The Kier molecular flexibility index (Phi) is 8.24. The largest absolute Gasteiger partial charge is 0.454 e. The van der Waals surface area contributed by atoms with E-state index >= 15 is 0 Å². The van der Waals surface area contributed by atoms with E-state index in [1.807, 2.05) is 18.2 Å². The zero-order valence-corrected chi connectivity index (χ0v) is 17.6. The molecule has 1 aromatic carbocycles. The number of benzene rings is 1. The highest BCUT2D eigenvalue weighted by molar-refractivity contribution is 5.85. The molecule has 5 nitrogen and oxygen atoms in total. The van der Waals surface area contributed by atoms with Gasteiger partial charge in [-0.05, 0) is 69.8 Å². The van der Waals surface area contributed by atoms with Crippen LogP contribution in [0.3, 0.4) is 0 Å². The van der Waals surface area contributed by atoms with Gasteiger partial charge in [0.2, 0.25) is 12.7 Å². The van der Waals surface area contributed by atoms with E-state index in [1.54, 1.807) is 0 Å². The van der Waals surface area contributed by atoms with Crippen LogP contribution in [-0.2, 0) is 11.2 Å². The predicted molar refractivity (Wildman–Crippen MR) is 110 cm³/mol. The Morgan fingerprint density at radius 2 is 1.78 bits per heavy atom. The molecule has 6 heteroatoms. The van der Waals surface area contributed by atoms with E-state index in [-0.39, 0.29) is 25.1 Å². The average molecular weight is 397 g/mol. The molecule has 152 valence electrons. The van der Waals surface area contributed by atoms with Crippen LogP contribution in [-0.4, -0.2) is 55.7 Å². The highest BCUT2D eigenvalue weighted by Crippen LogP contribution is 2.33. The normalized spacial score (nSPS) is 21.0. The first-order valence-electron chi connectivity index (χ1n) is 9.85. The van der Waals surface area contributed by atoms with Crippen molar-refractivity contribution >= 4 is 18.3 Å². The maximum absolute atomic E-state index is 13.0. The quantitative estimate of drug-likeness (QED) is 0.704. The van der Waals surface area contributed by atoms with E-state index in [0.29, 0.717) is 12.5 Å². The number of likely N-dealkylation sites (N-methyl/N-ethyl adjacent to an activating group) is 1. The van der Waals surface area contributed by atoms with Gasteiger partial charge in [-0.2, -0.15) is 0 Å². The standard InChI is InChI=1S/C21H32N2O3.ClH/c1-16-4-8-18(9-5-16)23(13-12-22(2)3)21(24)11-7-17-6-10-19-20(14-17)26-15-25-19;/h6,10,14,16,18H,4-5,7-9,11-13,15H2,1-3H3;1H. The van der Waals surface area contributed by atoms with Gasteiger partial charge < -0.3 is 19.3 Å². The van der Waals surface area contributed by atoms with Crippen LogP contribution in [0, 0.1) is 5.92 Å². The lowest BCUT2D eigenvalue weighted by atomic mass is 9.86. The van der Waals surface area contributed by atoms with Gasteiger partial charge in [-0.25, -0.2) is 0 Å². The monoisotopic (exact) mass is 396 g/mol. The van der Waals surface area contributed by atoms with Gasteiger partial charge in [-0.3, -0.25) is 4.79 Å². The summed E-state index contributed by atoms with van der Waals surface area (Å²) < 4.78 is 10.8. The number of rotatable bonds is 7. The number of hydrogen-bond acceptors (Lipinski definition) is 4. The van der Waals surface area contributed by atoms with Crippen LogP contribution in [0.15, 0.2) is 18.2 Å². The van der Waals surface area contributed by atoms with Crippen molar-refractivity contribution in [2.24, 2.45) is 5.92 Å². The molecule has 27 heavy (non-hydrogen) atoms. The second kappa shape index (κ2) is 10.2. The van der Waals surface area contributed by atoms with Gasteiger partial charge >= 0.3 is 0 Å². The van der Waals surface area contributed by atoms with Crippen molar-refractivity contribution in [3.8, 4) is 11.5 Å². The second-order valence-electron chi connectivity index (χ2n) is 7.99. The fraction of sp³-hybridized carbons (Fsp3) is 0.667. The Morgan fingerprint density at radius 1 is 1.07 bits per heavy atom. The Labute approximate surface area is 169 Å². The van der Waals surface area contributed by atoms with E-state index in [1.165, 1.54) is 12.8 Å². The Hall–Kier alpha value is -1.46. The van der Waals surface area contributed by atoms with Gasteiger partial charge in [0, 0.05) is 25.6 Å². The number of carbonyl (C=O) groups is 1. The number of aryl methyl sites for hydroxylation is 1. The van der Waals surface area contributed by atoms with Gasteiger partial charge in [-0.1, -0.05) is 13.0 Å². The summed E-state index contributed by atoms with van der Waals surface area (Å²) in [7, 11) is 4.14. The molecule has 3 rings (SSSR count). The number of ether oxygens (including phenoxy) is 2. The van der Waals surface area contributed by atoms with E-state index < -0.39 is 0 Å². The lowest BCUT2D eigenvalue weighted by molar-refractivity contribution is -0.134. The molecule has 0 unspecified atom stereocenters. The van der Waals surface area contributed by atoms with E-state index in [4.69, 9.17) is 9.47 Å². The fourth-order valence-electron chi connectivity index (χ4n) is 3.86. The number of halogens is 1. The summed E-state index contributed by atoms with van der Waals surface area (Å²) in [4.78, 5) is 17.3. The molecule has 0 spiro atoms. The second-order valence-corrected chi connectivity index (χ2v) is 7.99. The fourth-order valence-corrected chi connectivity index (χ4v) is 3.86. The molecule has 0 N–H and O–H groups in total. The van der Waals surface area contributed by atoms with Crippen molar-refractivity contribution in [2.75, 3.05) is 34.0 Å². The van der Waals surface area contributed by atoms with Gasteiger partial charge in [-0.15, -0.1) is 12.4 Å². The molecule has 1 fully saturated rings. The molecule has 0 atom stereocenters. The van der Waals surface area contributed by atoms with Gasteiger partial charge in [0.25, 0.3) is 0 Å². The third-order valence-corrected chi connectivity index (χ3v) is 5.60. The molecule has 0 saturated heterocycles. The molecule has 0 bridgehead atoms. The van der Waals surface area contributed by atoms with Crippen LogP contribution in [0.25, 0.3) is 0 Å². The molecule has 1 heterocycles. The summed E-state index contributed by atoms with van der Waals surface area (Å²) in [5.74, 6) is 2.67. The first-order chi connectivity index (χ1) is 12.5. The van der Waals surface area contributed by atoms with Gasteiger partial charge in [0.1, 0.15) is 0 Å². The van der Waals surface area contributed by atoms with Crippen molar-refractivity contribution < 1.29 is 14.3 Å².